The molecule has 0 fully saturated rings. The lowest BCUT2D eigenvalue weighted by molar-refractivity contribution is -0.0169. The van der Waals surface area contributed by atoms with Gasteiger partial charge in [-0.05, 0) is 13.8 Å². The molecule has 0 aliphatic rings. The van der Waals surface area contributed by atoms with Crippen LogP contribution in [0.15, 0.2) is 0 Å². The Bertz CT molecular complexity index is 113. The van der Waals surface area contributed by atoms with Crippen LogP contribution in [0, 0.1) is 0 Å². The predicted molar refractivity (Wildman–Crippen MR) is 55.8 cm³/mol. The lowest BCUT2D eigenvalue weighted by Crippen LogP contribution is -2.16. The first-order chi connectivity index (χ1) is 7.13. The second-order valence-electron chi connectivity index (χ2n) is 3.46. The van der Waals surface area contributed by atoms with Crippen LogP contribution >= 0.6 is 0 Å². The van der Waals surface area contributed by atoms with Gasteiger partial charge in [-0.15, -0.1) is 0 Å². The van der Waals surface area contributed by atoms with Crippen molar-refractivity contribution < 1.29 is 24.4 Å². The van der Waals surface area contributed by atoms with E-state index >= 15 is 0 Å². The molecular formula is C10H22O5. The Morgan fingerprint density at radius 2 is 1.07 bits per heavy atom. The Morgan fingerprint density at radius 1 is 0.733 bits per heavy atom. The van der Waals surface area contributed by atoms with Crippen LogP contribution in [0.1, 0.15) is 13.8 Å². The molecule has 0 radical (unpaired) electrons. The van der Waals surface area contributed by atoms with Gasteiger partial charge < -0.3 is 24.4 Å². The van der Waals surface area contributed by atoms with Crippen molar-refractivity contribution in [3.8, 4) is 0 Å². The highest BCUT2D eigenvalue weighted by molar-refractivity contribution is 4.42. The minimum atomic E-state index is -0.431. The van der Waals surface area contributed by atoms with E-state index in [2.05, 4.69) is 0 Å². The number of hydrogen-bond acceptors (Lipinski definition) is 5. The maximum absolute atomic E-state index is 8.87. The summed E-state index contributed by atoms with van der Waals surface area (Å²) >= 11 is 0. The molecule has 0 aliphatic heterocycles. The fraction of sp³-hybridized carbons (Fsp3) is 1.00. The molecule has 0 spiro atoms. The summed E-state index contributed by atoms with van der Waals surface area (Å²) in [5.41, 5.74) is 0. The van der Waals surface area contributed by atoms with E-state index in [4.69, 9.17) is 24.4 Å². The Labute approximate surface area is 91.0 Å². The molecule has 2 unspecified atom stereocenters. The van der Waals surface area contributed by atoms with Crippen molar-refractivity contribution in [1.82, 2.24) is 0 Å². The summed E-state index contributed by atoms with van der Waals surface area (Å²) in [7, 11) is 0. The molecule has 0 aromatic carbocycles. The summed E-state index contributed by atoms with van der Waals surface area (Å²) in [5.74, 6) is 0. The lowest BCUT2D eigenvalue weighted by atomic mass is 10.4. The zero-order chi connectivity index (χ0) is 11.5. The first kappa shape index (κ1) is 14.8. The summed E-state index contributed by atoms with van der Waals surface area (Å²) in [6.07, 6.45) is -0.862. The van der Waals surface area contributed by atoms with Crippen LogP contribution in [-0.4, -0.2) is 62.1 Å². The third kappa shape index (κ3) is 13.8. The third-order valence-corrected chi connectivity index (χ3v) is 1.46. The van der Waals surface area contributed by atoms with Gasteiger partial charge in [-0.1, -0.05) is 0 Å². The van der Waals surface area contributed by atoms with Gasteiger partial charge in [-0.25, -0.2) is 0 Å². The molecule has 92 valence electrons. The van der Waals surface area contributed by atoms with Crippen LogP contribution in [-0.2, 0) is 14.2 Å². The highest BCUT2D eigenvalue weighted by Gasteiger charge is 1.96. The fourth-order valence-electron chi connectivity index (χ4n) is 0.846. The van der Waals surface area contributed by atoms with Crippen molar-refractivity contribution in [1.29, 1.82) is 0 Å². The Hall–Kier alpha value is -0.200. The number of ether oxygens (including phenoxy) is 3. The van der Waals surface area contributed by atoms with E-state index in [1.807, 2.05) is 0 Å². The van der Waals surface area contributed by atoms with Crippen LogP contribution in [0.3, 0.4) is 0 Å². The first-order valence-electron chi connectivity index (χ1n) is 5.22. The second kappa shape index (κ2) is 10.3. The fourth-order valence-corrected chi connectivity index (χ4v) is 0.846. The van der Waals surface area contributed by atoms with Crippen molar-refractivity contribution in [2.75, 3.05) is 39.6 Å². The van der Waals surface area contributed by atoms with Gasteiger partial charge in [0.2, 0.25) is 0 Å². The number of aliphatic hydroxyl groups is 2. The molecule has 0 heterocycles. The normalized spacial score (nSPS) is 15.2. The molecule has 0 bridgehead atoms. The summed E-state index contributed by atoms with van der Waals surface area (Å²) in [4.78, 5) is 0. The number of rotatable bonds is 10. The van der Waals surface area contributed by atoms with Crippen molar-refractivity contribution in [2.45, 2.75) is 26.1 Å². The van der Waals surface area contributed by atoms with E-state index in [-0.39, 0.29) is 0 Å². The van der Waals surface area contributed by atoms with E-state index in [1.165, 1.54) is 0 Å². The molecular weight excluding hydrogens is 200 g/mol. The maximum atomic E-state index is 8.87. The van der Waals surface area contributed by atoms with Gasteiger partial charge in [-0.2, -0.15) is 0 Å². The molecule has 5 heteroatoms. The van der Waals surface area contributed by atoms with Gasteiger partial charge >= 0.3 is 0 Å². The summed E-state index contributed by atoms with van der Waals surface area (Å²) in [5, 5.41) is 17.7. The van der Waals surface area contributed by atoms with Crippen molar-refractivity contribution in [3.05, 3.63) is 0 Å². The zero-order valence-corrected chi connectivity index (χ0v) is 9.52. The average molecular weight is 222 g/mol. The van der Waals surface area contributed by atoms with Gasteiger partial charge in [0.05, 0.1) is 51.8 Å². The van der Waals surface area contributed by atoms with Gasteiger partial charge in [0, 0.05) is 0 Å². The Morgan fingerprint density at radius 3 is 1.40 bits per heavy atom. The third-order valence-electron chi connectivity index (χ3n) is 1.46. The second-order valence-corrected chi connectivity index (χ2v) is 3.46. The van der Waals surface area contributed by atoms with Crippen molar-refractivity contribution in [3.63, 3.8) is 0 Å². The van der Waals surface area contributed by atoms with Crippen LogP contribution in [0.5, 0.6) is 0 Å². The summed E-state index contributed by atoms with van der Waals surface area (Å²) in [6.45, 7) is 5.94. The standard InChI is InChI=1S/C10H22O5/c1-9(11)7-14-5-3-13-4-6-15-8-10(2)12/h9-12H,3-8H2,1-2H3. The predicted octanol–water partition coefficient (Wildman–Crippen LogP) is -0.202. The molecule has 2 atom stereocenters. The molecule has 0 saturated heterocycles. The maximum Gasteiger partial charge on any atom is 0.0745 e. The highest BCUT2D eigenvalue weighted by Crippen LogP contribution is 1.86. The summed E-state index contributed by atoms with van der Waals surface area (Å²) < 4.78 is 15.4. The van der Waals surface area contributed by atoms with Gasteiger partial charge in [0.25, 0.3) is 0 Å². The molecule has 2 N–H and O–H groups in total. The monoisotopic (exact) mass is 222 g/mol. The summed E-state index contributed by atoms with van der Waals surface area (Å²) in [6, 6.07) is 0. The topological polar surface area (TPSA) is 68.2 Å². The molecule has 0 aromatic heterocycles. The minimum Gasteiger partial charge on any atom is -0.391 e. The van der Waals surface area contributed by atoms with E-state index in [9.17, 15) is 0 Å². The largest absolute Gasteiger partial charge is 0.391 e. The van der Waals surface area contributed by atoms with Crippen molar-refractivity contribution >= 4 is 0 Å². The van der Waals surface area contributed by atoms with Crippen LogP contribution in [0.4, 0.5) is 0 Å². The molecule has 5 nitrogen and oxygen atoms in total. The Kier molecular flexibility index (Phi) is 10.2. The smallest absolute Gasteiger partial charge is 0.0745 e. The zero-order valence-electron chi connectivity index (χ0n) is 9.52. The van der Waals surface area contributed by atoms with Gasteiger partial charge in [0.15, 0.2) is 0 Å². The minimum absolute atomic E-state index is 0.335. The molecule has 0 saturated carbocycles. The van der Waals surface area contributed by atoms with Crippen LogP contribution in [0.25, 0.3) is 0 Å². The van der Waals surface area contributed by atoms with Gasteiger partial charge in [0.1, 0.15) is 0 Å². The van der Waals surface area contributed by atoms with E-state index in [0.717, 1.165) is 0 Å². The SMILES string of the molecule is CC(O)COCCOCCOCC(C)O. The lowest BCUT2D eigenvalue weighted by Gasteiger charge is -2.08. The van der Waals surface area contributed by atoms with Crippen molar-refractivity contribution in [2.24, 2.45) is 0 Å². The van der Waals surface area contributed by atoms with E-state index < -0.39 is 12.2 Å². The number of hydrogen-bond donors (Lipinski definition) is 2. The van der Waals surface area contributed by atoms with E-state index in [1.54, 1.807) is 13.8 Å². The molecule has 0 aliphatic carbocycles. The first-order valence-corrected chi connectivity index (χ1v) is 5.22. The number of aliphatic hydroxyl groups excluding tert-OH is 2. The molecule has 0 amide bonds. The van der Waals surface area contributed by atoms with Crippen LogP contribution in [0.2, 0.25) is 0 Å². The molecule has 15 heavy (non-hydrogen) atoms. The van der Waals surface area contributed by atoms with Crippen LogP contribution < -0.4 is 0 Å². The average Bonchev–Trinajstić information content (AvgIpc) is 2.14. The molecule has 0 rings (SSSR count). The molecule has 0 aromatic rings. The Balaban J connectivity index is 2.93. The van der Waals surface area contributed by atoms with Gasteiger partial charge in [-0.3, -0.25) is 0 Å². The van der Waals surface area contributed by atoms with E-state index in [0.29, 0.717) is 39.6 Å². The quantitative estimate of drug-likeness (QED) is 0.501. The highest BCUT2D eigenvalue weighted by atomic mass is 16.5.